The number of H-pyrrole nitrogens is 1. The normalized spacial score (nSPS) is 14.0. The fourth-order valence-corrected chi connectivity index (χ4v) is 8.85. The van der Waals surface area contributed by atoms with Crippen LogP contribution in [0.25, 0.3) is 10.9 Å². The first-order valence-corrected chi connectivity index (χ1v) is 29.2. The SMILES string of the molecule is CC[C@H](C)[C@H](NC(=O)[C@H](CCCN=C(N)N)NC(=O)[C@@H](N)CCCN=C(N)N)C(=O)N[C@@H](CCCN=C(N)N)C(=O)N[C@@H](CCCN=C(N)N)C(=O)N[C@H](C(=O)N[C@@H](CCCN=C(N)N)C(=O)N[C@@H](Cc1c[nH]c2ccccc12)C(=O)NCC(=O)O)C(C)C. The largest absolute Gasteiger partial charge is 0.480 e. The van der Waals surface area contributed by atoms with Gasteiger partial charge in [0.2, 0.25) is 47.3 Å². The van der Waals surface area contributed by atoms with Gasteiger partial charge in [-0.3, -0.25) is 68.1 Å². The van der Waals surface area contributed by atoms with Crippen LogP contribution < -0.4 is 106 Å². The molecule has 0 saturated heterocycles. The van der Waals surface area contributed by atoms with Crippen molar-refractivity contribution in [1.29, 1.82) is 0 Å². The lowest BCUT2D eigenvalue weighted by atomic mass is 9.96. The Morgan fingerprint density at radius 2 is 0.831 bits per heavy atom. The van der Waals surface area contributed by atoms with Crippen molar-refractivity contribution < 1.29 is 48.3 Å². The summed E-state index contributed by atoms with van der Waals surface area (Å²) in [5.41, 5.74) is 62.7. The maximum absolute atomic E-state index is 14.6. The Morgan fingerprint density at radius 1 is 0.472 bits per heavy atom. The van der Waals surface area contributed by atoms with Gasteiger partial charge in [-0.25, -0.2) is 0 Å². The monoisotopic (exact) mass is 1250 g/mol. The summed E-state index contributed by atoms with van der Waals surface area (Å²) in [6, 6.07) is -3.44. The molecule has 32 N–H and O–H groups in total. The first-order chi connectivity index (χ1) is 42.0. The first kappa shape index (κ1) is 75.4. The van der Waals surface area contributed by atoms with E-state index >= 15 is 0 Å². The number of fused-ring (bicyclic) bond motifs is 1. The summed E-state index contributed by atoms with van der Waals surface area (Å²) >= 11 is 0. The number of carbonyl (C=O) groups is 9. The smallest absolute Gasteiger partial charge is 0.322 e. The van der Waals surface area contributed by atoms with Gasteiger partial charge in [-0.2, -0.15) is 0 Å². The van der Waals surface area contributed by atoms with E-state index in [-0.39, 0.29) is 127 Å². The molecule has 89 heavy (non-hydrogen) atoms. The molecule has 2 rings (SSSR count). The molecule has 0 aliphatic heterocycles. The van der Waals surface area contributed by atoms with Crippen molar-refractivity contribution in [2.45, 2.75) is 153 Å². The van der Waals surface area contributed by atoms with Crippen LogP contribution in [0.15, 0.2) is 55.4 Å². The number of nitrogens with zero attached hydrogens (tertiary/aromatic N) is 5. The van der Waals surface area contributed by atoms with Crippen LogP contribution in [0.3, 0.4) is 0 Å². The predicted molar refractivity (Wildman–Crippen MR) is 338 cm³/mol. The number of hydrogen-bond donors (Lipinski definition) is 21. The summed E-state index contributed by atoms with van der Waals surface area (Å²) in [4.78, 5) is 148. The van der Waals surface area contributed by atoms with Crippen molar-refractivity contribution in [3.8, 4) is 0 Å². The lowest BCUT2D eigenvalue weighted by Gasteiger charge is -2.30. The highest BCUT2D eigenvalue weighted by Gasteiger charge is 2.36. The number of aromatic amines is 1. The maximum atomic E-state index is 14.6. The van der Waals surface area contributed by atoms with Crippen molar-refractivity contribution in [1.82, 2.24) is 47.5 Å². The highest BCUT2D eigenvalue weighted by Crippen LogP contribution is 2.20. The van der Waals surface area contributed by atoms with Gasteiger partial charge in [-0.1, -0.05) is 52.3 Å². The predicted octanol–water partition coefficient (Wildman–Crippen LogP) is -6.40. The van der Waals surface area contributed by atoms with Gasteiger partial charge in [-0.15, -0.1) is 0 Å². The quantitative estimate of drug-likeness (QED) is 0.0167. The highest BCUT2D eigenvalue weighted by atomic mass is 16.4. The topological polar surface area (TPSA) is 634 Å². The van der Waals surface area contributed by atoms with Crippen LogP contribution in [0.1, 0.15) is 104 Å². The van der Waals surface area contributed by atoms with Crippen molar-refractivity contribution in [3.05, 3.63) is 36.0 Å². The molecule has 0 unspecified atom stereocenters. The Labute approximate surface area is 516 Å². The van der Waals surface area contributed by atoms with Crippen molar-refractivity contribution in [2.75, 3.05) is 39.3 Å². The Hall–Kier alpha value is -9.70. The molecule has 35 nitrogen and oxygen atoms in total. The molecule has 1 heterocycles. The molecule has 0 spiro atoms. The van der Waals surface area contributed by atoms with Crippen LogP contribution in [-0.4, -0.2) is 181 Å². The van der Waals surface area contributed by atoms with Gasteiger partial charge in [0.15, 0.2) is 29.8 Å². The second kappa shape index (κ2) is 39.9. The maximum Gasteiger partial charge on any atom is 0.322 e. The number of rotatable bonds is 42. The Kier molecular flexibility index (Phi) is 33.8. The molecule has 2 aromatic rings. The molecule has 0 aliphatic carbocycles. The van der Waals surface area contributed by atoms with Crippen molar-refractivity contribution >= 4 is 93.9 Å². The third-order valence-electron chi connectivity index (χ3n) is 13.8. The van der Waals surface area contributed by atoms with E-state index in [1.54, 1.807) is 52.1 Å². The zero-order chi connectivity index (χ0) is 66.8. The summed E-state index contributed by atoms with van der Waals surface area (Å²) in [5, 5.41) is 31.2. The van der Waals surface area contributed by atoms with E-state index in [1.165, 1.54) is 0 Å². The van der Waals surface area contributed by atoms with Gasteiger partial charge in [-0.05, 0) is 87.7 Å². The number of aliphatic imine (C=N–C) groups is 5. The number of aromatic nitrogens is 1. The standard InChI is InChI=1S/C54H95N25O10/c1-5-29(4)41(79-47(87)36(18-11-23-69-53(62)63)73-42(82)32(55)14-8-20-66-50(56)57)49(89)76-34(16-9-21-67-51(58)59)44(84)74-37(19-12-24-70-54(64)65)46(86)78-40(28(2)3)48(88)75-35(17-10-22-68-52(60)61)45(85)77-38(43(83)72-27-39(80)81)25-30-26-71-33-15-7-6-13-31(30)33/h6-7,13,15,26,28-29,32,34-38,40-41,71H,5,8-12,14,16-25,27,55H2,1-4H3,(H,72,83)(H,73,82)(H,74,84)(H,75,88)(H,76,89)(H,77,85)(H,78,86)(H,79,87)(H,80,81)(H4,56,57,66)(H4,58,59,67)(H4,60,61,68)(H4,62,63,69)(H4,64,65,70)/t29-,32-,34-,35-,36-,37-,38-,40-,41-/m0/s1. The van der Waals surface area contributed by atoms with E-state index < -0.39 is 120 Å². The molecule has 0 saturated carbocycles. The molecular formula is C54H95N25O10. The van der Waals surface area contributed by atoms with Crippen LogP contribution in [0, 0.1) is 11.8 Å². The van der Waals surface area contributed by atoms with E-state index in [2.05, 4.69) is 72.5 Å². The number of carboxylic acid groups (broad SMARTS) is 1. The van der Waals surface area contributed by atoms with E-state index in [9.17, 15) is 48.3 Å². The molecule has 35 heteroatoms. The van der Waals surface area contributed by atoms with Gasteiger partial charge in [0, 0.05) is 56.2 Å². The number of carbonyl (C=O) groups excluding carboxylic acids is 8. The van der Waals surface area contributed by atoms with Gasteiger partial charge >= 0.3 is 5.97 Å². The van der Waals surface area contributed by atoms with Crippen molar-refractivity contribution in [3.63, 3.8) is 0 Å². The molecule has 0 radical (unpaired) electrons. The van der Waals surface area contributed by atoms with Gasteiger partial charge in [0.05, 0.1) is 6.04 Å². The zero-order valence-corrected chi connectivity index (χ0v) is 51.1. The van der Waals surface area contributed by atoms with E-state index in [0.29, 0.717) is 18.4 Å². The van der Waals surface area contributed by atoms with Crippen LogP contribution in [-0.2, 0) is 49.6 Å². The summed E-state index contributed by atoms with van der Waals surface area (Å²) in [7, 11) is 0. The molecule has 1 aromatic heterocycles. The fourth-order valence-electron chi connectivity index (χ4n) is 8.85. The van der Waals surface area contributed by atoms with E-state index in [4.69, 9.17) is 63.1 Å². The Balaban J connectivity index is 2.56. The average Bonchev–Trinajstić information content (AvgIpc) is 2.28. The number of para-hydroxylation sites is 1. The van der Waals surface area contributed by atoms with Crippen LogP contribution >= 0.6 is 0 Å². The number of nitrogens with one attached hydrogen (secondary N) is 9. The minimum atomic E-state index is -1.44. The number of guanidine groups is 5. The second-order valence-electron chi connectivity index (χ2n) is 21.4. The number of amides is 8. The summed E-state index contributed by atoms with van der Waals surface area (Å²) in [6.07, 6.45) is 2.62. The Bertz CT molecular complexity index is 2800. The van der Waals surface area contributed by atoms with Crippen LogP contribution in [0.2, 0.25) is 0 Å². The third kappa shape index (κ3) is 29.5. The first-order valence-electron chi connectivity index (χ1n) is 29.2. The molecule has 0 fully saturated rings. The van der Waals surface area contributed by atoms with Crippen LogP contribution in [0.5, 0.6) is 0 Å². The van der Waals surface area contributed by atoms with Gasteiger partial charge in [0.25, 0.3) is 0 Å². The minimum Gasteiger partial charge on any atom is -0.480 e. The lowest BCUT2D eigenvalue weighted by Crippen LogP contribution is -2.61. The zero-order valence-electron chi connectivity index (χ0n) is 51.1. The molecule has 496 valence electrons. The van der Waals surface area contributed by atoms with Gasteiger partial charge in [0.1, 0.15) is 48.8 Å². The number of aliphatic carboxylic acids is 1. The summed E-state index contributed by atoms with van der Waals surface area (Å²) < 4.78 is 0. The number of carboxylic acids is 1. The summed E-state index contributed by atoms with van der Waals surface area (Å²) in [6.45, 7) is 6.24. The van der Waals surface area contributed by atoms with Crippen molar-refractivity contribution in [2.24, 2.45) is 99.9 Å². The third-order valence-corrected chi connectivity index (χ3v) is 13.8. The molecule has 1 aromatic carbocycles. The van der Waals surface area contributed by atoms with E-state index in [0.717, 1.165) is 10.9 Å². The lowest BCUT2D eigenvalue weighted by molar-refractivity contribution is -0.138. The fraction of sp³-hybridized carbons (Fsp3) is 0.593. The number of nitrogens with two attached hydrogens (primary N) is 11. The van der Waals surface area contributed by atoms with E-state index in [1.807, 2.05) is 6.07 Å². The number of benzene rings is 1. The van der Waals surface area contributed by atoms with Gasteiger partial charge < -0.3 is 116 Å². The molecule has 8 amide bonds. The highest BCUT2D eigenvalue weighted by molar-refractivity contribution is 5.98. The Morgan fingerprint density at radius 3 is 1.24 bits per heavy atom. The minimum absolute atomic E-state index is 0.00157. The molecule has 0 aliphatic rings. The summed E-state index contributed by atoms with van der Waals surface area (Å²) in [5.74, 6) is -10.2. The molecular weight excluding hydrogens is 1160 g/mol. The number of hydrogen-bond acceptors (Lipinski definition) is 15. The molecule has 9 atom stereocenters. The van der Waals surface area contributed by atoms with Crippen LogP contribution in [0.4, 0.5) is 0 Å². The molecule has 0 bridgehead atoms. The average molecular weight is 1250 g/mol. The second-order valence-corrected chi connectivity index (χ2v) is 21.4.